The van der Waals surface area contributed by atoms with Gasteiger partial charge in [0.15, 0.2) is 0 Å². The summed E-state index contributed by atoms with van der Waals surface area (Å²) in [5.41, 5.74) is 20.9. The zero-order valence-electron chi connectivity index (χ0n) is 35.1. The third kappa shape index (κ3) is 6.40. The van der Waals surface area contributed by atoms with E-state index in [4.69, 9.17) is 19.9 Å². The van der Waals surface area contributed by atoms with Gasteiger partial charge in [-0.3, -0.25) is 9.97 Å². The van der Waals surface area contributed by atoms with Crippen molar-refractivity contribution in [1.29, 1.82) is 0 Å². The molecular weight excluding hydrogens is 753 g/mol. The first-order valence-electron chi connectivity index (χ1n) is 21.2. The fourth-order valence-corrected chi connectivity index (χ4v) is 9.28. The molecule has 0 bridgehead atoms. The van der Waals surface area contributed by atoms with Crippen molar-refractivity contribution in [2.45, 2.75) is 27.7 Å². The van der Waals surface area contributed by atoms with Gasteiger partial charge in [-0.1, -0.05) is 146 Å². The summed E-state index contributed by atoms with van der Waals surface area (Å²) in [6.07, 6.45) is 0. The van der Waals surface area contributed by atoms with Gasteiger partial charge < -0.3 is 0 Å². The monoisotopic (exact) mass is 794 g/mol. The van der Waals surface area contributed by atoms with Crippen molar-refractivity contribution in [3.8, 4) is 67.0 Å². The highest BCUT2D eigenvalue weighted by atomic mass is 14.8. The van der Waals surface area contributed by atoms with E-state index in [9.17, 15) is 0 Å². The van der Waals surface area contributed by atoms with E-state index in [1.54, 1.807) is 0 Å². The van der Waals surface area contributed by atoms with Crippen LogP contribution in [0.1, 0.15) is 22.5 Å². The molecule has 0 unspecified atom stereocenters. The Morgan fingerprint density at radius 3 is 0.839 bits per heavy atom. The second-order valence-electron chi connectivity index (χ2n) is 16.4. The molecule has 0 spiro atoms. The Hall–Kier alpha value is -7.82. The van der Waals surface area contributed by atoms with Crippen LogP contribution >= 0.6 is 0 Å². The van der Waals surface area contributed by atoms with Crippen LogP contribution in [-0.2, 0) is 0 Å². The lowest BCUT2D eigenvalue weighted by Gasteiger charge is -2.18. The first-order chi connectivity index (χ1) is 30.4. The highest BCUT2D eigenvalue weighted by Gasteiger charge is 2.20. The minimum atomic E-state index is 0.897. The minimum Gasteiger partial charge on any atom is -0.251 e. The van der Waals surface area contributed by atoms with E-state index < -0.39 is 0 Å². The first kappa shape index (κ1) is 37.2. The Kier molecular flexibility index (Phi) is 9.01. The van der Waals surface area contributed by atoms with Crippen LogP contribution in [0, 0.1) is 27.7 Å². The summed E-state index contributed by atoms with van der Waals surface area (Å²) < 4.78 is 0. The lowest BCUT2D eigenvalue weighted by molar-refractivity contribution is 1.25. The van der Waals surface area contributed by atoms with Crippen LogP contribution in [0.2, 0.25) is 0 Å². The number of hydrogen-bond donors (Lipinski definition) is 0. The van der Waals surface area contributed by atoms with Crippen molar-refractivity contribution >= 4 is 43.6 Å². The predicted octanol–water partition coefficient (Wildman–Crippen LogP) is 15.1. The molecular formula is C58H42N4. The fraction of sp³-hybridized carbons (Fsp3) is 0.0690. The molecule has 4 heterocycles. The zero-order chi connectivity index (χ0) is 41.9. The molecule has 4 heteroatoms. The SMILES string of the molecule is Cc1cc(-c2ccccc2)c2ccc3c(-c4ccccc4)cc(-c4cc(C)c(-c5cc(-c6ccccc6)c6ccc7c(-c8ccccc8)cc(C)nc7c6n5)cc4C)nc3c2n1. The summed E-state index contributed by atoms with van der Waals surface area (Å²) in [6, 6.07) is 64.8. The van der Waals surface area contributed by atoms with Crippen molar-refractivity contribution in [2.75, 3.05) is 0 Å². The Morgan fingerprint density at radius 2 is 0.532 bits per heavy atom. The molecule has 0 aliphatic rings. The molecule has 0 radical (unpaired) electrons. The molecule has 0 atom stereocenters. The average Bonchev–Trinajstić information content (AvgIpc) is 3.32. The van der Waals surface area contributed by atoms with Gasteiger partial charge >= 0.3 is 0 Å². The van der Waals surface area contributed by atoms with E-state index in [0.717, 1.165) is 133 Å². The normalized spacial score (nSPS) is 11.5. The maximum absolute atomic E-state index is 5.52. The van der Waals surface area contributed by atoms with Crippen LogP contribution < -0.4 is 0 Å². The number of benzene rings is 7. The zero-order valence-corrected chi connectivity index (χ0v) is 35.1. The van der Waals surface area contributed by atoms with Crippen molar-refractivity contribution in [2.24, 2.45) is 0 Å². The Labute approximate surface area is 361 Å². The van der Waals surface area contributed by atoms with Gasteiger partial charge in [0.05, 0.1) is 33.5 Å². The summed E-state index contributed by atoms with van der Waals surface area (Å²) in [5, 5.41) is 4.34. The van der Waals surface area contributed by atoms with Gasteiger partial charge in [-0.05, 0) is 120 Å². The summed E-state index contributed by atoms with van der Waals surface area (Å²) in [4.78, 5) is 21.4. The molecule has 0 aliphatic carbocycles. The van der Waals surface area contributed by atoms with Gasteiger partial charge in [-0.25, -0.2) is 9.97 Å². The van der Waals surface area contributed by atoms with Gasteiger partial charge in [0.1, 0.15) is 0 Å². The Balaban J connectivity index is 1.13. The van der Waals surface area contributed by atoms with Crippen molar-refractivity contribution in [3.63, 3.8) is 0 Å². The van der Waals surface area contributed by atoms with Gasteiger partial charge in [0.2, 0.25) is 0 Å². The number of hydrogen-bond acceptors (Lipinski definition) is 4. The van der Waals surface area contributed by atoms with E-state index in [-0.39, 0.29) is 0 Å². The maximum Gasteiger partial charge on any atom is 0.0978 e. The molecule has 0 aliphatic heterocycles. The number of rotatable bonds is 6. The van der Waals surface area contributed by atoms with Gasteiger partial charge in [0, 0.05) is 44.1 Å². The lowest BCUT2D eigenvalue weighted by Crippen LogP contribution is -1.98. The minimum absolute atomic E-state index is 0.897. The molecule has 294 valence electrons. The van der Waals surface area contributed by atoms with E-state index in [2.05, 4.69) is 210 Å². The summed E-state index contributed by atoms with van der Waals surface area (Å²) >= 11 is 0. The molecule has 0 fully saturated rings. The van der Waals surface area contributed by atoms with E-state index in [1.807, 2.05) is 0 Å². The van der Waals surface area contributed by atoms with E-state index >= 15 is 0 Å². The van der Waals surface area contributed by atoms with Crippen LogP contribution in [0.5, 0.6) is 0 Å². The van der Waals surface area contributed by atoms with Crippen molar-refractivity contribution in [1.82, 2.24) is 19.9 Å². The quantitative estimate of drug-likeness (QED) is 0.157. The number of aromatic nitrogens is 4. The highest BCUT2D eigenvalue weighted by molar-refractivity contribution is 6.14. The van der Waals surface area contributed by atoms with E-state index in [0.29, 0.717) is 0 Å². The summed E-state index contributed by atoms with van der Waals surface area (Å²) in [7, 11) is 0. The van der Waals surface area contributed by atoms with Crippen molar-refractivity contribution in [3.05, 3.63) is 205 Å². The molecule has 11 rings (SSSR count). The second-order valence-corrected chi connectivity index (χ2v) is 16.4. The number of aryl methyl sites for hydroxylation is 4. The standard InChI is InChI=1S/C58H42N4/c1-35-29-48(54-34-52(42-23-15-8-16-24-42)46-28-26-44-50(40-19-11-6-12-20-40)32-38(4)60-56(44)58(46)62-54)36(2)30-47(35)53-33-51(41-21-13-7-14-22-41)45-27-25-43-49(39-17-9-5-10-18-39)31-37(3)59-55(43)57(45)61-53/h5-34H,1-4H3. The fourth-order valence-electron chi connectivity index (χ4n) is 9.28. The highest BCUT2D eigenvalue weighted by Crippen LogP contribution is 2.42. The predicted molar refractivity (Wildman–Crippen MR) is 259 cm³/mol. The molecule has 0 saturated heterocycles. The Morgan fingerprint density at radius 1 is 0.258 bits per heavy atom. The van der Waals surface area contributed by atoms with Crippen LogP contribution in [0.3, 0.4) is 0 Å². The largest absolute Gasteiger partial charge is 0.251 e. The number of fused-ring (bicyclic) bond motifs is 6. The number of nitrogens with zero attached hydrogens (tertiary/aromatic N) is 4. The van der Waals surface area contributed by atoms with Gasteiger partial charge in [-0.15, -0.1) is 0 Å². The van der Waals surface area contributed by atoms with Gasteiger partial charge in [-0.2, -0.15) is 0 Å². The summed E-state index contributed by atoms with van der Waals surface area (Å²) in [5.74, 6) is 0. The van der Waals surface area contributed by atoms with Crippen LogP contribution in [0.15, 0.2) is 182 Å². The number of pyridine rings is 4. The third-order valence-corrected chi connectivity index (χ3v) is 12.2. The molecule has 7 aromatic carbocycles. The lowest BCUT2D eigenvalue weighted by atomic mass is 9.91. The van der Waals surface area contributed by atoms with Crippen LogP contribution in [-0.4, -0.2) is 19.9 Å². The van der Waals surface area contributed by atoms with Crippen LogP contribution in [0.4, 0.5) is 0 Å². The van der Waals surface area contributed by atoms with Crippen LogP contribution in [0.25, 0.3) is 111 Å². The molecule has 4 nitrogen and oxygen atoms in total. The van der Waals surface area contributed by atoms with Gasteiger partial charge in [0.25, 0.3) is 0 Å². The average molecular weight is 795 g/mol. The topological polar surface area (TPSA) is 51.6 Å². The second kappa shape index (κ2) is 15.0. The molecule has 0 saturated carbocycles. The molecule has 11 aromatic rings. The molecule has 0 N–H and O–H groups in total. The molecule has 4 aromatic heterocycles. The first-order valence-corrected chi connectivity index (χ1v) is 21.2. The third-order valence-electron chi connectivity index (χ3n) is 12.2. The maximum atomic E-state index is 5.52. The van der Waals surface area contributed by atoms with E-state index in [1.165, 1.54) is 0 Å². The smallest absolute Gasteiger partial charge is 0.0978 e. The van der Waals surface area contributed by atoms with Crippen molar-refractivity contribution < 1.29 is 0 Å². The summed E-state index contributed by atoms with van der Waals surface area (Å²) in [6.45, 7) is 8.53. The molecule has 62 heavy (non-hydrogen) atoms. The Bertz CT molecular complexity index is 3290. The molecule has 0 amide bonds.